The molecule has 1 amide bonds. The van der Waals surface area contributed by atoms with Crippen molar-refractivity contribution in [2.75, 3.05) is 6.54 Å². The van der Waals surface area contributed by atoms with E-state index < -0.39 is 11.2 Å². The van der Waals surface area contributed by atoms with Gasteiger partial charge in [-0.3, -0.25) is 18.7 Å². The predicted octanol–water partition coefficient (Wildman–Crippen LogP) is 1.17. The standard InChI is InChI=1S/C19H21N5O3/c1-3-10-20-15(25)12-24-18(26)14-11-21-16(13-8-6-5-7-9-13)22-17(14)23(4-2)19(24)27/h5-9,11H,3-4,10,12H2,1-2H3,(H,20,25). The van der Waals surface area contributed by atoms with E-state index in [1.165, 1.54) is 10.8 Å². The van der Waals surface area contributed by atoms with Crippen molar-refractivity contribution in [2.24, 2.45) is 0 Å². The molecule has 0 aliphatic rings. The Morgan fingerprint density at radius 3 is 2.52 bits per heavy atom. The van der Waals surface area contributed by atoms with E-state index in [9.17, 15) is 14.4 Å². The molecule has 0 atom stereocenters. The molecule has 0 aliphatic carbocycles. The van der Waals surface area contributed by atoms with Crippen molar-refractivity contribution < 1.29 is 4.79 Å². The van der Waals surface area contributed by atoms with Gasteiger partial charge in [0.15, 0.2) is 11.5 Å². The van der Waals surface area contributed by atoms with Gasteiger partial charge in [-0.25, -0.2) is 14.8 Å². The van der Waals surface area contributed by atoms with Crippen molar-refractivity contribution in [2.45, 2.75) is 33.4 Å². The van der Waals surface area contributed by atoms with Crippen molar-refractivity contribution in [3.63, 3.8) is 0 Å². The van der Waals surface area contributed by atoms with Crippen LogP contribution in [0.25, 0.3) is 22.4 Å². The minimum Gasteiger partial charge on any atom is -0.355 e. The maximum Gasteiger partial charge on any atom is 0.333 e. The molecule has 1 aromatic carbocycles. The van der Waals surface area contributed by atoms with Crippen molar-refractivity contribution in [1.82, 2.24) is 24.4 Å². The number of benzene rings is 1. The first kappa shape index (κ1) is 18.5. The molecule has 27 heavy (non-hydrogen) atoms. The van der Waals surface area contributed by atoms with Gasteiger partial charge in [0.2, 0.25) is 5.91 Å². The summed E-state index contributed by atoms with van der Waals surface area (Å²) in [6.45, 7) is 4.20. The molecule has 2 heterocycles. The van der Waals surface area contributed by atoms with Gasteiger partial charge in [0.05, 0.1) is 0 Å². The molecule has 8 heteroatoms. The fourth-order valence-electron chi connectivity index (χ4n) is 2.81. The van der Waals surface area contributed by atoms with Gasteiger partial charge in [0.25, 0.3) is 5.56 Å². The lowest BCUT2D eigenvalue weighted by molar-refractivity contribution is -0.121. The van der Waals surface area contributed by atoms with E-state index in [0.29, 0.717) is 18.9 Å². The third kappa shape index (κ3) is 3.64. The van der Waals surface area contributed by atoms with E-state index in [1.807, 2.05) is 37.3 Å². The molecule has 1 N–H and O–H groups in total. The molecule has 0 saturated carbocycles. The number of nitrogens with zero attached hydrogens (tertiary/aromatic N) is 4. The Kier molecular flexibility index (Phi) is 5.44. The molecule has 0 fully saturated rings. The molecule has 0 aliphatic heterocycles. The van der Waals surface area contributed by atoms with E-state index in [2.05, 4.69) is 15.3 Å². The Morgan fingerprint density at radius 2 is 1.85 bits per heavy atom. The molecular weight excluding hydrogens is 346 g/mol. The van der Waals surface area contributed by atoms with Gasteiger partial charge in [0, 0.05) is 24.8 Å². The molecule has 3 aromatic rings. The normalized spacial score (nSPS) is 10.9. The summed E-state index contributed by atoms with van der Waals surface area (Å²) >= 11 is 0. The van der Waals surface area contributed by atoms with Crippen molar-refractivity contribution >= 4 is 16.9 Å². The zero-order valence-corrected chi connectivity index (χ0v) is 15.3. The van der Waals surface area contributed by atoms with Crippen LogP contribution in [0.1, 0.15) is 20.3 Å². The Bertz CT molecular complexity index is 1090. The molecule has 0 saturated heterocycles. The van der Waals surface area contributed by atoms with Gasteiger partial charge >= 0.3 is 5.69 Å². The second-order valence-electron chi connectivity index (χ2n) is 6.07. The molecule has 3 rings (SSSR count). The summed E-state index contributed by atoms with van der Waals surface area (Å²) in [5.74, 6) is 0.0578. The zero-order valence-electron chi connectivity index (χ0n) is 15.3. The van der Waals surface area contributed by atoms with Crippen LogP contribution in [0.3, 0.4) is 0 Å². The maximum absolute atomic E-state index is 12.8. The van der Waals surface area contributed by atoms with E-state index >= 15 is 0 Å². The first-order chi connectivity index (χ1) is 13.1. The van der Waals surface area contributed by atoms with Gasteiger partial charge in [-0.2, -0.15) is 0 Å². The van der Waals surface area contributed by atoms with Crippen LogP contribution in [0.5, 0.6) is 0 Å². The summed E-state index contributed by atoms with van der Waals surface area (Å²) in [5, 5.41) is 2.88. The Labute approximate surface area is 155 Å². The Balaban J connectivity index is 2.15. The van der Waals surface area contributed by atoms with Crippen LogP contribution in [0.4, 0.5) is 0 Å². The van der Waals surface area contributed by atoms with Crippen LogP contribution < -0.4 is 16.6 Å². The van der Waals surface area contributed by atoms with Crippen LogP contribution in [-0.2, 0) is 17.9 Å². The number of carbonyl (C=O) groups is 1. The molecular formula is C19H21N5O3. The number of nitrogens with one attached hydrogen (secondary N) is 1. The number of carbonyl (C=O) groups excluding carboxylic acids is 1. The number of aromatic nitrogens is 4. The lowest BCUT2D eigenvalue weighted by Crippen LogP contribution is -2.44. The number of rotatable bonds is 6. The highest BCUT2D eigenvalue weighted by Gasteiger charge is 2.17. The van der Waals surface area contributed by atoms with E-state index in [0.717, 1.165) is 16.6 Å². The molecule has 140 valence electrons. The van der Waals surface area contributed by atoms with Gasteiger partial charge in [-0.05, 0) is 13.3 Å². The predicted molar refractivity (Wildman–Crippen MR) is 102 cm³/mol. The minimum atomic E-state index is -0.564. The van der Waals surface area contributed by atoms with Crippen molar-refractivity contribution in [1.29, 1.82) is 0 Å². The highest BCUT2D eigenvalue weighted by Crippen LogP contribution is 2.15. The van der Waals surface area contributed by atoms with Gasteiger partial charge in [-0.15, -0.1) is 0 Å². The Hall–Kier alpha value is -3.29. The SMILES string of the molecule is CCCNC(=O)Cn1c(=O)c2cnc(-c3ccccc3)nc2n(CC)c1=O. The fourth-order valence-corrected chi connectivity index (χ4v) is 2.81. The molecule has 8 nitrogen and oxygen atoms in total. The van der Waals surface area contributed by atoms with Crippen molar-refractivity contribution in [3.05, 3.63) is 57.4 Å². The van der Waals surface area contributed by atoms with Crippen LogP contribution >= 0.6 is 0 Å². The van der Waals surface area contributed by atoms with Crippen molar-refractivity contribution in [3.8, 4) is 11.4 Å². The third-order valence-corrected chi connectivity index (χ3v) is 4.18. The molecule has 0 unspecified atom stereocenters. The molecule has 0 spiro atoms. The molecule has 2 aromatic heterocycles. The first-order valence-corrected chi connectivity index (χ1v) is 8.89. The lowest BCUT2D eigenvalue weighted by atomic mass is 10.2. The number of hydrogen-bond acceptors (Lipinski definition) is 5. The zero-order chi connectivity index (χ0) is 19.4. The summed E-state index contributed by atoms with van der Waals surface area (Å²) in [6.07, 6.45) is 2.19. The average Bonchev–Trinajstić information content (AvgIpc) is 2.70. The summed E-state index contributed by atoms with van der Waals surface area (Å²) in [6, 6.07) is 9.32. The number of hydrogen-bond donors (Lipinski definition) is 1. The number of amides is 1. The van der Waals surface area contributed by atoms with Gasteiger partial charge in [0.1, 0.15) is 11.9 Å². The monoisotopic (exact) mass is 367 g/mol. The van der Waals surface area contributed by atoms with Crippen LogP contribution in [0, 0.1) is 0 Å². The van der Waals surface area contributed by atoms with Crippen LogP contribution in [-0.4, -0.2) is 31.6 Å². The summed E-state index contributed by atoms with van der Waals surface area (Å²) in [7, 11) is 0. The summed E-state index contributed by atoms with van der Waals surface area (Å²) < 4.78 is 2.32. The first-order valence-electron chi connectivity index (χ1n) is 8.89. The van der Waals surface area contributed by atoms with E-state index in [4.69, 9.17) is 0 Å². The average molecular weight is 367 g/mol. The summed E-state index contributed by atoms with van der Waals surface area (Å²) in [4.78, 5) is 46.3. The minimum absolute atomic E-state index is 0.208. The fraction of sp³-hybridized carbons (Fsp3) is 0.316. The smallest absolute Gasteiger partial charge is 0.333 e. The highest BCUT2D eigenvalue weighted by atomic mass is 16.2. The topological polar surface area (TPSA) is 98.9 Å². The van der Waals surface area contributed by atoms with E-state index in [-0.39, 0.29) is 23.5 Å². The highest BCUT2D eigenvalue weighted by molar-refractivity contribution is 5.78. The largest absolute Gasteiger partial charge is 0.355 e. The van der Waals surface area contributed by atoms with Crippen LogP contribution in [0.15, 0.2) is 46.1 Å². The van der Waals surface area contributed by atoms with Crippen LogP contribution in [0.2, 0.25) is 0 Å². The molecule has 0 bridgehead atoms. The second-order valence-corrected chi connectivity index (χ2v) is 6.07. The van der Waals surface area contributed by atoms with E-state index in [1.54, 1.807) is 6.92 Å². The Morgan fingerprint density at radius 1 is 1.11 bits per heavy atom. The third-order valence-electron chi connectivity index (χ3n) is 4.18. The maximum atomic E-state index is 12.8. The van der Waals surface area contributed by atoms with Gasteiger partial charge < -0.3 is 5.32 Å². The van der Waals surface area contributed by atoms with Gasteiger partial charge in [-0.1, -0.05) is 37.3 Å². The summed E-state index contributed by atoms with van der Waals surface area (Å²) in [5.41, 5.74) is -0.0606. The lowest BCUT2D eigenvalue weighted by Gasteiger charge is -2.12. The molecule has 0 radical (unpaired) electrons. The quantitative estimate of drug-likeness (QED) is 0.705. The second kappa shape index (κ2) is 7.94. The number of aryl methyl sites for hydroxylation is 1. The number of fused-ring (bicyclic) bond motifs is 1.